The van der Waals surface area contributed by atoms with Crippen LogP contribution in [0.5, 0.6) is 5.75 Å². The first-order chi connectivity index (χ1) is 9.08. The van der Waals surface area contributed by atoms with Crippen molar-refractivity contribution in [1.82, 2.24) is 0 Å². The Morgan fingerprint density at radius 1 is 1.11 bits per heavy atom. The average Bonchev–Trinajstić information content (AvgIpc) is 2.37. The van der Waals surface area contributed by atoms with Crippen LogP contribution in [0.4, 0.5) is 4.39 Å². The number of halogens is 3. The van der Waals surface area contributed by atoms with Gasteiger partial charge >= 0.3 is 0 Å². The Hall–Kier alpha value is -1.76. The van der Waals surface area contributed by atoms with Gasteiger partial charge in [0.25, 0.3) is 0 Å². The Morgan fingerprint density at radius 3 is 2.42 bits per heavy atom. The number of ether oxygens (including phenoxy) is 1. The van der Waals surface area contributed by atoms with Crippen molar-refractivity contribution >= 4 is 23.2 Å². The fourth-order valence-corrected chi connectivity index (χ4v) is 2.03. The Bertz CT molecular complexity index is 632. The molecule has 0 spiro atoms. The van der Waals surface area contributed by atoms with Crippen LogP contribution >= 0.6 is 23.2 Å². The molecule has 0 aliphatic carbocycles. The molecule has 0 bridgehead atoms. The highest BCUT2D eigenvalue weighted by Gasteiger charge is 2.06. The summed E-state index contributed by atoms with van der Waals surface area (Å²) in [5, 5.41) is 9.64. The van der Waals surface area contributed by atoms with Crippen LogP contribution in [0.3, 0.4) is 0 Å². The van der Waals surface area contributed by atoms with Crippen LogP contribution < -0.4 is 4.74 Å². The lowest BCUT2D eigenvalue weighted by Gasteiger charge is -2.08. The summed E-state index contributed by atoms with van der Waals surface area (Å²) in [6.45, 7) is -0.00196. The van der Waals surface area contributed by atoms with Crippen molar-refractivity contribution in [3.63, 3.8) is 0 Å². The highest BCUT2D eigenvalue weighted by molar-refractivity contribution is 6.34. The lowest BCUT2D eigenvalue weighted by molar-refractivity contribution is 0.300. The summed E-state index contributed by atoms with van der Waals surface area (Å²) in [5.41, 5.74) is 0.680. The number of nitriles is 1. The average molecular weight is 296 g/mol. The standard InChI is InChI=1S/C14H8Cl2FNO/c15-11-4-12(16)6-13(5-11)19-8-10-3-9(7-18)1-2-14(10)17/h1-6H,8H2. The van der Waals surface area contributed by atoms with E-state index in [1.807, 2.05) is 6.07 Å². The van der Waals surface area contributed by atoms with Gasteiger partial charge in [0.05, 0.1) is 11.6 Å². The molecule has 0 amide bonds. The molecule has 0 aliphatic heterocycles. The third-order valence-corrected chi connectivity index (χ3v) is 2.84. The van der Waals surface area contributed by atoms with E-state index in [-0.39, 0.29) is 6.61 Å². The maximum absolute atomic E-state index is 13.5. The van der Waals surface area contributed by atoms with Gasteiger partial charge in [-0.3, -0.25) is 0 Å². The molecular weight excluding hydrogens is 288 g/mol. The van der Waals surface area contributed by atoms with E-state index >= 15 is 0 Å². The van der Waals surface area contributed by atoms with Crippen molar-refractivity contribution in [2.75, 3.05) is 0 Å². The van der Waals surface area contributed by atoms with Gasteiger partial charge in [0.15, 0.2) is 0 Å². The number of hydrogen-bond donors (Lipinski definition) is 0. The summed E-state index contributed by atoms with van der Waals surface area (Å²) in [6, 6.07) is 10.8. The predicted octanol–water partition coefficient (Wildman–Crippen LogP) is 4.58. The quantitative estimate of drug-likeness (QED) is 0.830. The van der Waals surface area contributed by atoms with Crippen LogP contribution in [0, 0.1) is 17.1 Å². The van der Waals surface area contributed by atoms with Gasteiger partial charge in [-0.15, -0.1) is 0 Å². The molecule has 0 aliphatic rings. The third-order valence-electron chi connectivity index (χ3n) is 2.41. The molecule has 0 N–H and O–H groups in total. The molecule has 2 nitrogen and oxygen atoms in total. The second kappa shape index (κ2) is 5.92. The highest BCUT2D eigenvalue weighted by Crippen LogP contribution is 2.25. The van der Waals surface area contributed by atoms with Gasteiger partial charge < -0.3 is 4.74 Å². The van der Waals surface area contributed by atoms with Gasteiger partial charge in [-0.05, 0) is 36.4 Å². The van der Waals surface area contributed by atoms with Crippen molar-refractivity contribution in [2.45, 2.75) is 6.61 Å². The summed E-state index contributed by atoms with van der Waals surface area (Å²) < 4.78 is 18.9. The molecule has 0 saturated carbocycles. The zero-order chi connectivity index (χ0) is 13.8. The molecule has 0 radical (unpaired) electrons. The minimum Gasteiger partial charge on any atom is -0.489 e. The summed E-state index contributed by atoms with van der Waals surface area (Å²) >= 11 is 11.7. The number of nitrogens with zero attached hydrogens (tertiary/aromatic N) is 1. The number of rotatable bonds is 3. The van der Waals surface area contributed by atoms with Crippen LogP contribution in [0.25, 0.3) is 0 Å². The van der Waals surface area contributed by atoms with Crippen molar-refractivity contribution < 1.29 is 9.13 Å². The Labute approximate surface area is 119 Å². The Balaban J connectivity index is 2.16. The van der Waals surface area contributed by atoms with Gasteiger partial charge in [0.1, 0.15) is 18.2 Å². The van der Waals surface area contributed by atoms with Crippen LogP contribution in [0.15, 0.2) is 36.4 Å². The zero-order valence-corrected chi connectivity index (χ0v) is 11.2. The molecule has 96 valence electrons. The normalized spacial score (nSPS) is 10.0. The number of hydrogen-bond acceptors (Lipinski definition) is 2. The van der Waals surface area contributed by atoms with E-state index in [0.29, 0.717) is 26.9 Å². The van der Waals surface area contributed by atoms with Crippen molar-refractivity contribution in [2.24, 2.45) is 0 Å². The van der Waals surface area contributed by atoms with Gasteiger partial charge in [0.2, 0.25) is 0 Å². The first-order valence-corrected chi connectivity index (χ1v) is 6.11. The monoisotopic (exact) mass is 295 g/mol. The Morgan fingerprint density at radius 2 is 1.79 bits per heavy atom. The summed E-state index contributed by atoms with van der Waals surface area (Å²) in [5.74, 6) is 0.0198. The molecule has 5 heteroatoms. The van der Waals surface area contributed by atoms with E-state index in [1.54, 1.807) is 18.2 Å². The van der Waals surface area contributed by atoms with Gasteiger partial charge in [-0.1, -0.05) is 23.2 Å². The smallest absolute Gasteiger partial charge is 0.129 e. The van der Waals surface area contributed by atoms with Crippen LogP contribution in [-0.2, 0) is 6.61 Å². The molecule has 2 aromatic rings. The summed E-state index contributed by atoms with van der Waals surface area (Å²) in [4.78, 5) is 0. The lowest BCUT2D eigenvalue weighted by Crippen LogP contribution is -1.99. The van der Waals surface area contributed by atoms with E-state index in [2.05, 4.69) is 0 Å². The van der Waals surface area contributed by atoms with Crippen LogP contribution in [0.2, 0.25) is 10.0 Å². The van der Waals surface area contributed by atoms with Gasteiger partial charge in [0, 0.05) is 15.6 Å². The van der Waals surface area contributed by atoms with Gasteiger partial charge in [-0.25, -0.2) is 4.39 Å². The fourth-order valence-electron chi connectivity index (χ4n) is 1.53. The maximum Gasteiger partial charge on any atom is 0.129 e. The first-order valence-electron chi connectivity index (χ1n) is 5.36. The summed E-state index contributed by atoms with van der Waals surface area (Å²) in [7, 11) is 0. The van der Waals surface area contributed by atoms with Crippen molar-refractivity contribution in [3.05, 3.63) is 63.4 Å². The molecule has 0 fully saturated rings. The minimum absolute atomic E-state index is 0.00196. The van der Waals surface area contributed by atoms with Crippen molar-refractivity contribution in [1.29, 1.82) is 5.26 Å². The van der Waals surface area contributed by atoms with E-state index in [4.69, 9.17) is 33.2 Å². The second-order valence-electron chi connectivity index (χ2n) is 3.81. The molecule has 2 rings (SSSR count). The molecule has 19 heavy (non-hydrogen) atoms. The first kappa shape index (κ1) is 13.7. The zero-order valence-electron chi connectivity index (χ0n) is 9.66. The van der Waals surface area contributed by atoms with E-state index in [0.717, 1.165) is 0 Å². The molecule has 0 heterocycles. The maximum atomic E-state index is 13.5. The fraction of sp³-hybridized carbons (Fsp3) is 0.0714. The Kier molecular flexibility index (Phi) is 4.26. The van der Waals surface area contributed by atoms with Crippen LogP contribution in [-0.4, -0.2) is 0 Å². The minimum atomic E-state index is -0.424. The van der Waals surface area contributed by atoms with Gasteiger partial charge in [-0.2, -0.15) is 5.26 Å². The molecular formula is C14H8Cl2FNO. The largest absolute Gasteiger partial charge is 0.489 e. The highest BCUT2D eigenvalue weighted by atomic mass is 35.5. The number of benzene rings is 2. The molecule has 2 aromatic carbocycles. The predicted molar refractivity (Wildman–Crippen MR) is 71.9 cm³/mol. The SMILES string of the molecule is N#Cc1ccc(F)c(COc2cc(Cl)cc(Cl)c2)c1. The van der Waals surface area contributed by atoms with Crippen molar-refractivity contribution in [3.8, 4) is 11.8 Å². The van der Waals surface area contributed by atoms with Crippen LogP contribution in [0.1, 0.15) is 11.1 Å². The second-order valence-corrected chi connectivity index (χ2v) is 4.68. The summed E-state index contributed by atoms with van der Waals surface area (Å²) in [6.07, 6.45) is 0. The molecule has 0 unspecified atom stereocenters. The van der Waals surface area contributed by atoms with E-state index < -0.39 is 5.82 Å². The lowest BCUT2D eigenvalue weighted by atomic mass is 10.1. The third kappa shape index (κ3) is 3.60. The van der Waals surface area contributed by atoms with E-state index in [9.17, 15) is 4.39 Å². The van der Waals surface area contributed by atoms with E-state index in [1.165, 1.54) is 18.2 Å². The molecule has 0 atom stereocenters. The molecule has 0 saturated heterocycles. The topological polar surface area (TPSA) is 33.0 Å². The molecule has 0 aromatic heterocycles.